The molecular formula is C15H18Cl2N2O2. The normalized spacial score (nSPS) is 17.5. The molecule has 1 fully saturated rings. The zero-order chi connectivity index (χ0) is 15.0. The van der Waals surface area contributed by atoms with Gasteiger partial charge < -0.3 is 14.4 Å². The fourth-order valence-electron chi connectivity index (χ4n) is 2.98. The Morgan fingerprint density at radius 1 is 1.00 bits per heavy atom. The lowest BCUT2D eigenvalue weighted by Crippen LogP contribution is -2.32. The number of methoxy groups -OCH3 is 2. The minimum absolute atomic E-state index is 0.384. The molecule has 2 aliphatic heterocycles. The van der Waals surface area contributed by atoms with E-state index < -0.39 is 0 Å². The lowest BCUT2D eigenvalue weighted by Gasteiger charge is -2.31. The molecule has 0 N–H and O–H groups in total. The molecule has 4 nitrogen and oxygen atoms in total. The van der Waals surface area contributed by atoms with Gasteiger partial charge in [-0.25, -0.2) is 4.99 Å². The number of nitrogens with zero attached hydrogens (tertiary/aromatic N) is 2. The summed E-state index contributed by atoms with van der Waals surface area (Å²) in [6.45, 7) is 1.75. The fourth-order valence-corrected chi connectivity index (χ4v) is 3.68. The lowest BCUT2D eigenvalue weighted by atomic mass is 10.1. The number of rotatable bonds is 2. The second-order valence-corrected chi connectivity index (χ2v) is 6.04. The van der Waals surface area contributed by atoms with Crippen molar-refractivity contribution >= 4 is 34.7 Å². The van der Waals surface area contributed by atoms with Crippen molar-refractivity contribution in [3.05, 3.63) is 15.6 Å². The van der Waals surface area contributed by atoms with Crippen molar-refractivity contribution in [2.24, 2.45) is 4.99 Å². The Labute approximate surface area is 134 Å². The molecule has 0 radical (unpaired) electrons. The van der Waals surface area contributed by atoms with Gasteiger partial charge in [0.2, 0.25) is 0 Å². The molecule has 0 aromatic heterocycles. The van der Waals surface area contributed by atoms with Gasteiger partial charge in [-0.3, -0.25) is 0 Å². The Kier molecular flexibility index (Phi) is 4.18. The average Bonchev–Trinajstić information content (AvgIpc) is 2.71. The van der Waals surface area contributed by atoms with E-state index in [4.69, 9.17) is 37.7 Å². The summed E-state index contributed by atoms with van der Waals surface area (Å²) in [5.74, 6) is 2.11. The second kappa shape index (κ2) is 5.93. The highest BCUT2D eigenvalue weighted by Gasteiger charge is 2.30. The minimum atomic E-state index is 0.384. The van der Waals surface area contributed by atoms with Crippen molar-refractivity contribution in [1.82, 2.24) is 4.90 Å². The first-order valence-electron chi connectivity index (χ1n) is 7.11. The number of fused-ring (bicyclic) bond motifs is 2. The van der Waals surface area contributed by atoms with Gasteiger partial charge in [0.15, 0.2) is 11.5 Å². The highest BCUT2D eigenvalue weighted by atomic mass is 35.5. The van der Waals surface area contributed by atoms with Crippen LogP contribution in [0.15, 0.2) is 4.99 Å². The van der Waals surface area contributed by atoms with Crippen molar-refractivity contribution in [2.45, 2.75) is 32.2 Å². The number of hydrogen-bond donors (Lipinski definition) is 0. The van der Waals surface area contributed by atoms with Crippen LogP contribution in [0.2, 0.25) is 10.0 Å². The van der Waals surface area contributed by atoms with Crippen LogP contribution >= 0.6 is 23.2 Å². The van der Waals surface area contributed by atoms with Crippen LogP contribution in [0, 0.1) is 0 Å². The molecule has 3 rings (SSSR count). The Morgan fingerprint density at radius 3 is 2.48 bits per heavy atom. The van der Waals surface area contributed by atoms with Gasteiger partial charge in [-0.05, 0) is 12.8 Å². The third-order valence-corrected chi connectivity index (χ3v) is 4.80. The van der Waals surface area contributed by atoms with Gasteiger partial charge in [-0.1, -0.05) is 29.6 Å². The first-order valence-corrected chi connectivity index (χ1v) is 7.87. The van der Waals surface area contributed by atoms with Crippen LogP contribution in [0.5, 0.6) is 11.5 Å². The van der Waals surface area contributed by atoms with E-state index in [1.165, 1.54) is 19.3 Å². The molecule has 0 aliphatic carbocycles. The molecule has 0 atom stereocenters. The molecule has 2 heterocycles. The highest BCUT2D eigenvalue weighted by Crippen LogP contribution is 2.51. The fraction of sp³-hybridized carbons (Fsp3) is 0.533. The summed E-state index contributed by atoms with van der Waals surface area (Å²) >= 11 is 12.8. The van der Waals surface area contributed by atoms with Crippen molar-refractivity contribution in [1.29, 1.82) is 0 Å². The molecule has 0 bridgehead atoms. The molecule has 0 saturated carbocycles. The molecule has 0 spiro atoms. The van der Waals surface area contributed by atoms with E-state index in [1.807, 2.05) is 0 Å². The van der Waals surface area contributed by atoms with Gasteiger partial charge in [-0.2, -0.15) is 0 Å². The predicted molar refractivity (Wildman–Crippen MR) is 85.5 cm³/mol. The predicted octanol–water partition coefficient (Wildman–Crippen LogP) is 4.43. The minimum Gasteiger partial charge on any atom is -0.493 e. The van der Waals surface area contributed by atoms with Gasteiger partial charge in [0, 0.05) is 25.1 Å². The van der Waals surface area contributed by atoms with E-state index in [1.54, 1.807) is 14.2 Å². The van der Waals surface area contributed by atoms with Crippen LogP contribution < -0.4 is 9.47 Å². The molecule has 1 saturated heterocycles. The summed E-state index contributed by atoms with van der Waals surface area (Å²) in [7, 11) is 3.15. The average molecular weight is 329 g/mol. The van der Waals surface area contributed by atoms with Crippen molar-refractivity contribution in [3.63, 3.8) is 0 Å². The molecule has 2 aliphatic rings. The van der Waals surface area contributed by atoms with E-state index in [-0.39, 0.29) is 0 Å². The summed E-state index contributed by atoms with van der Waals surface area (Å²) in [5.41, 5.74) is 1.68. The summed E-state index contributed by atoms with van der Waals surface area (Å²) in [6.07, 6.45) is 4.59. The molecule has 21 heavy (non-hydrogen) atoms. The molecular weight excluding hydrogens is 311 g/mol. The molecule has 1 aromatic rings. The third kappa shape index (κ3) is 2.44. The largest absolute Gasteiger partial charge is 0.493 e. The van der Waals surface area contributed by atoms with Crippen LogP contribution in [0.1, 0.15) is 31.2 Å². The maximum Gasteiger partial charge on any atom is 0.167 e. The van der Waals surface area contributed by atoms with Gasteiger partial charge in [0.1, 0.15) is 16.5 Å². The van der Waals surface area contributed by atoms with Crippen LogP contribution in [0.4, 0.5) is 5.69 Å². The smallest absolute Gasteiger partial charge is 0.167 e. The van der Waals surface area contributed by atoms with E-state index in [2.05, 4.69) is 4.90 Å². The summed E-state index contributed by atoms with van der Waals surface area (Å²) in [6, 6.07) is 0. The Bertz CT molecular complexity index is 602. The molecule has 1 aromatic carbocycles. The van der Waals surface area contributed by atoms with Crippen molar-refractivity contribution in [2.75, 3.05) is 20.8 Å². The standard InChI is InChI=1S/C15H18Cl2N2O2/c1-20-14-11(16)9-8-19-7-5-3-4-6-10(19)18-13(9)15(21-2)12(14)17/h3-8H2,1-2H3. The van der Waals surface area contributed by atoms with Gasteiger partial charge in [0.25, 0.3) is 0 Å². The number of hydrogen-bond acceptors (Lipinski definition) is 4. The number of ether oxygens (including phenoxy) is 2. The van der Waals surface area contributed by atoms with E-state index >= 15 is 0 Å². The molecule has 114 valence electrons. The number of aliphatic imine (C=N–C) groups is 1. The Balaban J connectivity index is 2.18. The summed E-state index contributed by atoms with van der Waals surface area (Å²) in [4.78, 5) is 7.09. The molecule has 0 amide bonds. The number of benzene rings is 1. The topological polar surface area (TPSA) is 34.1 Å². The zero-order valence-electron chi connectivity index (χ0n) is 12.2. The monoisotopic (exact) mass is 328 g/mol. The quantitative estimate of drug-likeness (QED) is 0.805. The highest BCUT2D eigenvalue weighted by molar-refractivity contribution is 6.39. The zero-order valence-corrected chi connectivity index (χ0v) is 13.7. The first kappa shape index (κ1) is 14.8. The Hall–Kier alpha value is -1.13. The first-order chi connectivity index (χ1) is 10.2. The number of amidine groups is 1. The van der Waals surface area contributed by atoms with E-state index in [9.17, 15) is 0 Å². The Morgan fingerprint density at radius 2 is 1.76 bits per heavy atom. The van der Waals surface area contributed by atoms with Crippen molar-refractivity contribution in [3.8, 4) is 11.5 Å². The van der Waals surface area contributed by atoms with Gasteiger partial charge >= 0.3 is 0 Å². The third-order valence-electron chi connectivity index (χ3n) is 4.06. The molecule has 6 heteroatoms. The van der Waals surface area contributed by atoms with Gasteiger partial charge in [-0.15, -0.1) is 0 Å². The van der Waals surface area contributed by atoms with Crippen LogP contribution in [0.3, 0.4) is 0 Å². The van der Waals surface area contributed by atoms with Crippen molar-refractivity contribution < 1.29 is 9.47 Å². The summed E-state index contributed by atoms with van der Waals surface area (Å²) in [5, 5.41) is 0.917. The maximum absolute atomic E-state index is 6.47. The number of halogens is 2. The van der Waals surface area contributed by atoms with Crippen LogP contribution in [0.25, 0.3) is 0 Å². The maximum atomic E-state index is 6.47. The SMILES string of the molecule is COc1c(Cl)c2c(c(OC)c1Cl)N=C1CCCCCN1C2. The van der Waals surface area contributed by atoms with Crippen LogP contribution in [-0.4, -0.2) is 31.5 Å². The van der Waals surface area contributed by atoms with Crippen LogP contribution in [-0.2, 0) is 6.54 Å². The van der Waals surface area contributed by atoms with E-state index in [0.29, 0.717) is 21.5 Å². The molecule has 0 unspecified atom stereocenters. The lowest BCUT2D eigenvalue weighted by molar-refractivity contribution is 0.380. The summed E-state index contributed by atoms with van der Waals surface area (Å²) < 4.78 is 10.8. The van der Waals surface area contributed by atoms with Gasteiger partial charge in [0.05, 0.1) is 19.2 Å². The second-order valence-electron chi connectivity index (χ2n) is 5.28. The van der Waals surface area contributed by atoms with E-state index in [0.717, 1.165) is 36.6 Å².